The maximum absolute atomic E-state index is 11.5. The van der Waals surface area contributed by atoms with E-state index in [1.807, 2.05) is 0 Å². The third-order valence-corrected chi connectivity index (χ3v) is 2.48. The molecule has 0 aliphatic rings. The molecule has 112 valence electrons. The van der Waals surface area contributed by atoms with E-state index >= 15 is 0 Å². The molecule has 1 aromatic carbocycles. The monoisotopic (exact) mass is 282 g/mol. The fraction of sp³-hybridized carbons (Fsp3) is 0.500. The molecular weight excluding hydrogens is 260 g/mol. The lowest BCUT2D eigenvalue weighted by atomic mass is 10.3. The third-order valence-electron chi connectivity index (χ3n) is 2.48. The number of hydrogen-bond acceptors (Lipinski definition) is 5. The van der Waals surface area contributed by atoms with Crippen LogP contribution in [0.15, 0.2) is 24.3 Å². The molecule has 0 unspecified atom stereocenters. The lowest BCUT2D eigenvalue weighted by Gasteiger charge is -2.08. The van der Waals surface area contributed by atoms with Crippen molar-refractivity contribution in [3.63, 3.8) is 0 Å². The fourth-order valence-electron chi connectivity index (χ4n) is 1.42. The van der Waals surface area contributed by atoms with Crippen LogP contribution in [0.25, 0.3) is 0 Å². The molecule has 0 spiro atoms. The molecule has 6 nitrogen and oxygen atoms in total. The van der Waals surface area contributed by atoms with Crippen LogP contribution in [-0.2, 0) is 14.3 Å². The van der Waals surface area contributed by atoms with E-state index < -0.39 is 0 Å². The number of nitrogen functional groups attached to an aromatic ring is 1. The Morgan fingerprint density at radius 3 is 2.60 bits per heavy atom. The quantitative estimate of drug-likeness (QED) is 0.490. The topological polar surface area (TPSA) is 82.8 Å². The van der Waals surface area contributed by atoms with E-state index in [0.29, 0.717) is 50.8 Å². The number of ether oxygens (including phenoxy) is 3. The molecule has 3 N–H and O–H groups in total. The van der Waals surface area contributed by atoms with E-state index in [1.165, 1.54) is 0 Å². The van der Waals surface area contributed by atoms with E-state index in [-0.39, 0.29) is 5.91 Å². The minimum Gasteiger partial charge on any atom is -0.493 e. The molecule has 0 atom stereocenters. The summed E-state index contributed by atoms with van der Waals surface area (Å²) in [5.74, 6) is 0.644. The lowest BCUT2D eigenvalue weighted by molar-refractivity contribution is -0.121. The molecule has 0 aliphatic heterocycles. The zero-order chi connectivity index (χ0) is 14.6. The number of nitrogens with one attached hydrogen (secondary N) is 1. The summed E-state index contributed by atoms with van der Waals surface area (Å²) < 4.78 is 15.5. The van der Waals surface area contributed by atoms with E-state index in [1.54, 1.807) is 31.4 Å². The molecule has 20 heavy (non-hydrogen) atoms. The molecule has 0 fully saturated rings. The van der Waals surface area contributed by atoms with Crippen molar-refractivity contribution in [1.29, 1.82) is 0 Å². The number of amides is 1. The summed E-state index contributed by atoms with van der Waals surface area (Å²) in [5, 5.41) is 2.75. The Balaban J connectivity index is 2.01. The molecule has 1 amide bonds. The summed E-state index contributed by atoms with van der Waals surface area (Å²) in [6, 6.07) is 7.06. The standard InChI is InChI=1S/C14H22N2O4/c1-18-10-11-19-9-7-16-14(17)6-8-20-13-4-2-12(15)3-5-13/h2-5H,6-11,15H2,1H3,(H,16,17). The summed E-state index contributed by atoms with van der Waals surface area (Å²) in [5.41, 5.74) is 6.25. The first-order valence-electron chi connectivity index (χ1n) is 6.54. The highest BCUT2D eigenvalue weighted by Gasteiger charge is 2.01. The molecular formula is C14H22N2O4. The summed E-state index contributed by atoms with van der Waals surface area (Å²) in [7, 11) is 1.62. The lowest BCUT2D eigenvalue weighted by Crippen LogP contribution is -2.28. The van der Waals surface area contributed by atoms with Gasteiger partial charge >= 0.3 is 0 Å². The SMILES string of the molecule is COCCOCCNC(=O)CCOc1ccc(N)cc1. The second-order valence-electron chi connectivity index (χ2n) is 4.12. The predicted molar refractivity (Wildman–Crippen MR) is 76.7 cm³/mol. The van der Waals surface area contributed by atoms with Gasteiger partial charge in [0.25, 0.3) is 0 Å². The first-order valence-corrected chi connectivity index (χ1v) is 6.54. The Morgan fingerprint density at radius 2 is 1.90 bits per heavy atom. The van der Waals surface area contributed by atoms with Crippen molar-refractivity contribution in [2.24, 2.45) is 0 Å². The largest absolute Gasteiger partial charge is 0.493 e. The zero-order valence-corrected chi connectivity index (χ0v) is 11.8. The number of carbonyl (C=O) groups excluding carboxylic acids is 1. The van der Waals surface area contributed by atoms with Gasteiger partial charge in [-0.25, -0.2) is 0 Å². The highest BCUT2D eigenvalue weighted by atomic mass is 16.5. The minimum absolute atomic E-state index is 0.0595. The number of anilines is 1. The summed E-state index contributed by atoms with van der Waals surface area (Å²) in [6.45, 7) is 2.40. The first kappa shape index (κ1) is 16.3. The van der Waals surface area contributed by atoms with Crippen LogP contribution in [0.4, 0.5) is 5.69 Å². The summed E-state index contributed by atoms with van der Waals surface area (Å²) in [6.07, 6.45) is 0.308. The smallest absolute Gasteiger partial charge is 0.223 e. The molecule has 1 rings (SSSR count). The van der Waals surface area contributed by atoms with Crippen molar-refractivity contribution in [3.8, 4) is 5.75 Å². The van der Waals surface area contributed by atoms with Gasteiger partial charge in [0.15, 0.2) is 0 Å². The number of benzene rings is 1. The number of methoxy groups -OCH3 is 1. The van der Waals surface area contributed by atoms with Gasteiger partial charge < -0.3 is 25.3 Å². The van der Waals surface area contributed by atoms with Crippen LogP contribution in [-0.4, -0.2) is 46.0 Å². The summed E-state index contributed by atoms with van der Waals surface area (Å²) >= 11 is 0. The fourth-order valence-corrected chi connectivity index (χ4v) is 1.42. The van der Waals surface area contributed by atoms with E-state index in [2.05, 4.69) is 5.32 Å². The molecule has 0 saturated heterocycles. The normalized spacial score (nSPS) is 10.2. The molecule has 0 aromatic heterocycles. The molecule has 1 aromatic rings. The Morgan fingerprint density at radius 1 is 1.15 bits per heavy atom. The number of nitrogens with two attached hydrogens (primary N) is 1. The van der Waals surface area contributed by atoms with Crippen LogP contribution in [0.2, 0.25) is 0 Å². The zero-order valence-electron chi connectivity index (χ0n) is 11.8. The van der Waals surface area contributed by atoms with Gasteiger partial charge in [-0.1, -0.05) is 0 Å². The van der Waals surface area contributed by atoms with Crippen LogP contribution in [0, 0.1) is 0 Å². The van der Waals surface area contributed by atoms with Crippen molar-refractivity contribution in [3.05, 3.63) is 24.3 Å². The van der Waals surface area contributed by atoms with Gasteiger partial charge in [-0.15, -0.1) is 0 Å². The average molecular weight is 282 g/mol. The maximum atomic E-state index is 11.5. The van der Waals surface area contributed by atoms with Crippen LogP contribution in [0.1, 0.15) is 6.42 Å². The number of hydrogen-bond donors (Lipinski definition) is 2. The molecule has 6 heteroatoms. The number of rotatable bonds is 10. The second-order valence-corrected chi connectivity index (χ2v) is 4.12. The van der Waals surface area contributed by atoms with Crippen molar-refractivity contribution in [2.75, 3.05) is 45.8 Å². The van der Waals surface area contributed by atoms with E-state index in [9.17, 15) is 4.79 Å². The van der Waals surface area contributed by atoms with Crippen LogP contribution in [0.3, 0.4) is 0 Å². The van der Waals surface area contributed by atoms with E-state index in [0.717, 1.165) is 0 Å². The van der Waals surface area contributed by atoms with Crippen molar-refractivity contribution < 1.29 is 19.0 Å². The molecule has 0 radical (unpaired) electrons. The Hall–Kier alpha value is -1.79. The second kappa shape index (κ2) is 10.1. The van der Waals surface area contributed by atoms with Crippen LogP contribution < -0.4 is 15.8 Å². The van der Waals surface area contributed by atoms with Gasteiger partial charge in [-0.3, -0.25) is 4.79 Å². The van der Waals surface area contributed by atoms with Gasteiger partial charge in [0.05, 0.1) is 32.8 Å². The third kappa shape index (κ3) is 7.60. The summed E-state index contributed by atoms with van der Waals surface area (Å²) in [4.78, 5) is 11.5. The van der Waals surface area contributed by atoms with Crippen molar-refractivity contribution >= 4 is 11.6 Å². The molecule has 0 heterocycles. The highest BCUT2D eigenvalue weighted by molar-refractivity contribution is 5.75. The Bertz CT molecular complexity index is 381. The van der Waals surface area contributed by atoms with Crippen molar-refractivity contribution in [2.45, 2.75) is 6.42 Å². The van der Waals surface area contributed by atoms with E-state index in [4.69, 9.17) is 19.9 Å². The highest BCUT2D eigenvalue weighted by Crippen LogP contribution is 2.12. The molecule has 0 bridgehead atoms. The number of carbonyl (C=O) groups is 1. The maximum Gasteiger partial charge on any atom is 0.223 e. The Kier molecular flexibility index (Phi) is 8.17. The average Bonchev–Trinajstić information content (AvgIpc) is 2.45. The van der Waals surface area contributed by atoms with Crippen LogP contribution >= 0.6 is 0 Å². The van der Waals surface area contributed by atoms with Crippen LogP contribution in [0.5, 0.6) is 5.75 Å². The molecule has 0 aliphatic carbocycles. The van der Waals surface area contributed by atoms with Crippen molar-refractivity contribution in [1.82, 2.24) is 5.32 Å². The Labute approximate surface area is 119 Å². The van der Waals surface area contributed by atoms with Gasteiger partial charge in [-0.2, -0.15) is 0 Å². The predicted octanol–water partition coefficient (Wildman–Crippen LogP) is 0.817. The minimum atomic E-state index is -0.0595. The first-order chi connectivity index (χ1) is 9.72. The van der Waals surface area contributed by atoms with Gasteiger partial charge in [0, 0.05) is 19.3 Å². The van der Waals surface area contributed by atoms with Gasteiger partial charge in [-0.05, 0) is 24.3 Å². The van der Waals surface area contributed by atoms with Gasteiger partial charge in [0.1, 0.15) is 5.75 Å². The molecule has 0 saturated carbocycles. The van der Waals surface area contributed by atoms with Gasteiger partial charge in [0.2, 0.25) is 5.91 Å².